The summed E-state index contributed by atoms with van der Waals surface area (Å²) in [5.74, 6) is 1.01. The molecule has 0 saturated heterocycles. The number of Topliss-reactive ketones (excluding diaryl/α,β-unsaturated/α-hetero) is 1. The first-order valence-electron chi connectivity index (χ1n) is 7.98. The van der Waals surface area contributed by atoms with E-state index in [4.69, 9.17) is 14.2 Å². The summed E-state index contributed by atoms with van der Waals surface area (Å²) >= 11 is 0. The second kappa shape index (κ2) is 7.31. The van der Waals surface area contributed by atoms with E-state index >= 15 is 0 Å². The Morgan fingerprint density at radius 2 is 1.92 bits per heavy atom. The lowest BCUT2D eigenvalue weighted by molar-refractivity contribution is -0.147. The Kier molecular flexibility index (Phi) is 4.93. The van der Waals surface area contributed by atoms with E-state index in [-0.39, 0.29) is 11.5 Å². The minimum absolute atomic E-state index is 0.213. The second-order valence-electron chi connectivity index (χ2n) is 5.66. The van der Waals surface area contributed by atoms with Gasteiger partial charge in [0.1, 0.15) is 17.2 Å². The molecule has 0 radical (unpaired) electrons. The van der Waals surface area contributed by atoms with Crippen molar-refractivity contribution < 1.29 is 28.5 Å². The van der Waals surface area contributed by atoms with E-state index in [0.717, 1.165) is 5.56 Å². The molecule has 3 rings (SSSR count). The molecule has 26 heavy (non-hydrogen) atoms. The SMILES string of the molecule is COC(=O)C(C)Oc1ccc2c(c1)O/C(=C\c1cccc(OC)c1)C2=O. The number of hydrogen-bond donors (Lipinski definition) is 0. The number of methoxy groups -OCH3 is 2. The maximum atomic E-state index is 12.5. The van der Waals surface area contributed by atoms with Crippen LogP contribution in [0.1, 0.15) is 22.8 Å². The minimum atomic E-state index is -0.762. The lowest BCUT2D eigenvalue weighted by atomic mass is 10.1. The Hall–Kier alpha value is -3.28. The van der Waals surface area contributed by atoms with Crippen molar-refractivity contribution in [3.8, 4) is 17.2 Å². The lowest BCUT2D eigenvalue weighted by Gasteiger charge is -2.12. The lowest BCUT2D eigenvalue weighted by Crippen LogP contribution is -2.24. The zero-order valence-electron chi connectivity index (χ0n) is 14.6. The Morgan fingerprint density at radius 3 is 2.65 bits per heavy atom. The third kappa shape index (κ3) is 3.54. The molecule has 2 aromatic carbocycles. The van der Waals surface area contributed by atoms with E-state index < -0.39 is 12.1 Å². The van der Waals surface area contributed by atoms with Crippen molar-refractivity contribution in [2.45, 2.75) is 13.0 Å². The molecule has 6 nitrogen and oxygen atoms in total. The van der Waals surface area contributed by atoms with Gasteiger partial charge in [-0.2, -0.15) is 0 Å². The van der Waals surface area contributed by atoms with Crippen LogP contribution < -0.4 is 14.2 Å². The van der Waals surface area contributed by atoms with Crippen molar-refractivity contribution in [3.63, 3.8) is 0 Å². The fourth-order valence-corrected chi connectivity index (χ4v) is 2.54. The van der Waals surface area contributed by atoms with Gasteiger partial charge in [0.15, 0.2) is 11.9 Å². The smallest absolute Gasteiger partial charge is 0.346 e. The average Bonchev–Trinajstić information content (AvgIpc) is 2.96. The van der Waals surface area contributed by atoms with Gasteiger partial charge < -0.3 is 18.9 Å². The molecule has 0 aliphatic carbocycles. The van der Waals surface area contributed by atoms with Crippen LogP contribution in [0.15, 0.2) is 48.2 Å². The first-order chi connectivity index (χ1) is 12.5. The van der Waals surface area contributed by atoms with Gasteiger partial charge in [-0.05, 0) is 42.8 Å². The van der Waals surface area contributed by atoms with Crippen molar-refractivity contribution in [2.75, 3.05) is 14.2 Å². The van der Waals surface area contributed by atoms with Crippen LogP contribution in [0.3, 0.4) is 0 Å². The van der Waals surface area contributed by atoms with Gasteiger partial charge >= 0.3 is 5.97 Å². The Labute approximate surface area is 150 Å². The normalized spacial score (nSPS) is 15.2. The molecule has 0 fully saturated rings. The molecular formula is C20H18O6. The number of ether oxygens (including phenoxy) is 4. The van der Waals surface area contributed by atoms with Gasteiger partial charge in [-0.15, -0.1) is 0 Å². The molecule has 0 amide bonds. The van der Waals surface area contributed by atoms with E-state index in [1.54, 1.807) is 44.4 Å². The van der Waals surface area contributed by atoms with Gasteiger partial charge in [-0.1, -0.05) is 12.1 Å². The van der Waals surface area contributed by atoms with Gasteiger partial charge in [-0.3, -0.25) is 4.79 Å². The van der Waals surface area contributed by atoms with Crippen molar-refractivity contribution in [3.05, 3.63) is 59.4 Å². The molecule has 1 aliphatic heterocycles. The van der Waals surface area contributed by atoms with Crippen molar-refractivity contribution in [1.29, 1.82) is 0 Å². The molecule has 0 N–H and O–H groups in total. The summed E-state index contributed by atoms with van der Waals surface area (Å²) in [7, 11) is 2.87. The van der Waals surface area contributed by atoms with E-state index in [1.165, 1.54) is 7.11 Å². The zero-order valence-corrected chi connectivity index (χ0v) is 14.6. The summed E-state index contributed by atoms with van der Waals surface area (Å²) in [6.45, 7) is 1.58. The summed E-state index contributed by atoms with van der Waals surface area (Å²) in [6, 6.07) is 12.1. The van der Waals surface area contributed by atoms with Gasteiger partial charge in [-0.25, -0.2) is 4.79 Å². The molecule has 0 bridgehead atoms. The number of esters is 1. The highest BCUT2D eigenvalue weighted by molar-refractivity contribution is 6.14. The maximum Gasteiger partial charge on any atom is 0.346 e. The van der Waals surface area contributed by atoms with Crippen LogP contribution >= 0.6 is 0 Å². The quantitative estimate of drug-likeness (QED) is 0.606. The summed E-state index contributed by atoms with van der Waals surface area (Å²) in [5, 5.41) is 0. The summed E-state index contributed by atoms with van der Waals surface area (Å²) < 4.78 is 21.0. The van der Waals surface area contributed by atoms with Gasteiger partial charge in [0, 0.05) is 6.07 Å². The molecule has 0 saturated carbocycles. The van der Waals surface area contributed by atoms with Crippen LogP contribution in [-0.4, -0.2) is 32.1 Å². The average molecular weight is 354 g/mol. The van der Waals surface area contributed by atoms with E-state index in [2.05, 4.69) is 4.74 Å². The van der Waals surface area contributed by atoms with Crippen LogP contribution in [0.2, 0.25) is 0 Å². The monoisotopic (exact) mass is 354 g/mol. The highest BCUT2D eigenvalue weighted by atomic mass is 16.6. The van der Waals surface area contributed by atoms with E-state index in [9.17, 15) is 9.59 Å². The van der Waals surface area contributed by atoms with Gasteiger partial charge in [0.25, 0.3) is 0 Å². The van der Waals surface area contributed by atoms with Crippen LogP contribution in [0, 0.1) is 0 Å². The highest BCUT2D eigenvalue weighted by Crippen LogP contribution is 2.35. The topological polar surface area (TPSA) is 71.1 Å². The number of benzene rings is 2. The Bertz CT molecular complexity index is 884. The predicted molar refractivity (Wildman–Crippen MR) is 94.5 cm³/mol. The zero-order chi connectivity index (χ0) is 18.7. The standard InChI is InChI=1S/C20H18O6/c1-12(20(22)24-3)25-15-7-8-16-17(11-15)26-18(19(16)21)10-13-5-4-6-14(9-13)23-2/h4-12H,1-3H3/b18-10-. The molecule has 2 aromatic rings. The largest absolute Gasteiger partial charge is 0.497 e. The number of fused-ring (bicyclic) bond motifs is 1. The third-order valence-electron chi connectivity index (χ3n) is 3.88. The Balaban J connectivity index is 1.82. The fraction of sp³-hybridized carbons (Fsp3) is 0.200. The van der Waals surface area contributed by atoms with Crippen LogP contribution in [0.25, 0.3) is 6.08 Å². The molecule has 1 heterocycles. The molecule has 0 spiro atoms. The van der Waals surface area contributed by atoms with Gasteiger partial charge in [0.2, 0.25) is 5.78 Å². The van der Waals surface area contributed by atoms with Crippen LogP contribution in [-0.2, 0) is 9.53 Å². The molecule has 1 atom stereocenters. The molecule has 6 heteroatoms. The number of carbonyl (C=O) groups excluding carboxylic acids is 2. The van der Waals surface area contributed by atoms with Crippen molar-refractivity contribution >= 4 is 17.8 Å². The van der Waals surface area contributed by atoms with Crippen LogP contribution in [0.5, 0.6) is 17.2 Å². The predicted octanol–water partition coefficient (Wildman–Crippen LogP) is 3.25. The second-order valence-corrected chi connectivity index (χ2v) is 5.66. The first kappa shape index (κ1) is 17.5. The first-order valence-corrected chi connectivity index (χ1v) is 7.98. The molecule has 1 unspecified atom stereocenters. The summed E-state index contributed by atoms with van der Waals surface area (Å²) in [6.07, 6.45) is 0.893. The molecular weight excluding hydrogens is 336 g/mol. The molecule has 1 aliphatic rings. The van der Waals surface area contributed by atoms with Crippen molar-refractivity contribution in [2.24, 2.45) is 0 Å². The number of carbonyl (C=O) groups is 2. The van der Waals surface area contributed by atoms with Gasteiger partial charge in [0.05, 0.1) is 19.8 Å². The third-order valence-corrected chi connectivity index (χ3v) is 3.88. The molecule has 0 aromatic heterocycles. The number of allylic oxidation sites excluding steroid dienone is 1. The molecule has 134 valence electrons. The van der Waals surface area contributed by atoms with Crippen LogP contribution in [0.4, 0.5) is 0 Å². The maximum absolute atomic E-state index is 12.5. The highest BCUT2D eigenvalue weighted by Gasteiger charge is 2.28. The summed E-state index contributed by atoms with van der Waals surface area (Å²) in [5.41, 5.74) is 1.23. The van der Waals surface area contributed by atoms with E-state index in [1.807, 2.05) is 18.2 Å². The minimum Gasteiger partial charge on any atom is -0.497 e. The Morgan fingerprint density at radius 1 is 1.12 bits per heavy atom. The number of hydrogen-bond acceptors (Lipinski definition) is 6. The fourth-order valence-electron chi connectivity index (χ4n) is 2.54. The van der Waals surface area contributed by atoms with E-state index in [0.29, 0.717) is 22.8 Å². The summed E-state index contributed by atoms with van der Waals surface area (Å²) in [4.78, 5) is 24.0. The number of rotatable bonds is 5. The van der Waals surface area contributed by atoms with Crippen molar-refractivity contribution in [1.82, 2.24) is 0 Å². The number of ketones is 1.